The van der Waals surface area contributed by atoms with Crippen molar-refractivity contribution < 1.29 is 19.1 Å². The fourth-order valence-corrected chi connectivity index (χ4v) is 4.70. The Morgan fingerprint density at radius 1 is 0.925 bits per heavy atom. The second-order valence-electron chi connectivity index (χ2n) is 9.73. The number of hydrogen-bond donors (Lipinski definition) is 2. The maximum atomic E-state index is 13.0. The number of benzene rings is 3. The van der Waals surface area contributed by atoms with E-state index in [1.165, 1.54) is 0 Å². The maximum Gasteiger partial charge on any atom is 0.329 e. The Labute approximate surface area is 232 Å². The Morgan fingerprint density at radius 2 is 1.68 bits per heavy atom. The molecule has 0 aliphatic carbocycles. The third-order valence-electron chi connectivity index (χ3n) is 6.68. The van der Waals surface area contributed by atoms with Gasteiger partial charge in [0.05, 0.1) is 0 Å². The summed E-state index contributed by atoms with van der Waals surface area (Å²) in [7, 11) is 0. The van der Waals surface area contributed by atoms with Gasteiger partial charge in [-0.15, -0.1) is 0 Å². The molecule has 0 radical (unpaired) electrons. The van der Waals surface area contributed by atoms with Gasteiger partial charge in [-0.3, -0.25) is 9.59 Å². The number of nitrogens with one attached hydrogen (secondary N) is 2. The third kappa shape index (κ3) is 5.81. The average Bonchev–Trinajstić information content (AvgIpc) is 3.36. The van der Waals surface area contributed by atoms with E-state index in [9.17, 15) is 14.4 Å². The molecule has 2 N–H and O–H groups in total. The first-order valence-electron chi connectivity index (χ1n) is 13.0. The minimum Gasteiger partial charge on any atom is -0.489 e. The molecule has 0 saturated carbocycles. The normalized spacial score (nSPS) is 14.0. The monoisotopic (exact) mass is 534 g/mol. The fourth-order valence-electron chi connectivity index (χ4n) is 4.70. The lowest BCUT2D eigenvalue weighted by atomic mass is 10.2. The van der Waals surface area contributed by atoms with Crippen LogP contribution in [0.2, 0.25) is 0 Å². The predicted molar refractivity (Wildman–Crippen MR) is 154 cm³/mol. The van der Waals surface area contributed by atoms with Crippen LogP contribution in [-0.2, 0) is 16.2 Å². The fraction of sp³-hybridized carbons (Fsp3) is 0.156. The molecule has 4 amide bonds. The van der Waals surface area contributed by atoms with Crippen molar-refractivity contribution >= 4 is 29.6 Å². The first kappa shape index (κ1) is 26.5. The molecular formula is C32H30N4O4. The number of nitrogens with zero attached hydrogens (tertiary/aromatic N) is 2. The molecule has 3 aromatic carbocycles. The molecule has 0 atom stereocenters. The van der Waals surface area contributed by atoms with Crippen molar-refractivity contribution in [2.75, 3.05) is 11.9 Å². The van der Waals surface area contributed by atoms with Crippen molar-refractivity contribution in [1.82, 2.24) is 14.8 Å². The van der Waals surface area contributed by atoms with Gasteiger partial charge in [0.25, 0.3) is 5.91 Å². The van der Waals surface area contributed by atoms with Crippen molar-refractivity contribution in [2.24, 2.45) is 0 Å². The molecular weight excluding hydrogens is 504 g/mol. The van der Waals surface area contributed by atoms with Gasteiger partial charge in [0.1, 0.15) is 24.6 Å². The molecule has 2 heterocycles. The van der Waals surface area contributed by atoms with Gasteiger partial charge in [0.2, 0.25) is 5.91 Å². The van der Waals surface area contributed by atoms with Crippen LogP contribution in [0.5, 0.6) is 5.75 Å². The molecule has 0 unspecified atom stereocenters. The smallest absolute Gasteiger partial charge is 0.329 e. The average molecular weight is 535 g/mol. The van der Waals surface area contributed by atoms with Gasteiger partial charge < -0.3 is 19.9 Å². The largest absolute Gasteiger partial charge is 0.489 e. The Balaban J connectivity index is 1.28. The van der Waals surface area contributed by atoms with E-state index in [0.29, 0.717) is 12.3 Å². The minimum absolute atomic E-state index is 0.123. The molecule has 202 valence electrons. The SMILES string of the molecule is Cc1cccc(NC(=O)CN2C(=O)N/C(=C/c3cc(C)n(-c4ccc(OCc5ccccc5)cc4)c3C)C2=O)c1. The molecule has 0 bridgehead atoms. The topological polar surface area (TPSA) is 92.7 Å². The summed E-state index contributed by atoms with van der Waals surface area (Å²) in [6.07, 6.45) is 1.65. The Kier molecular flexibility index (Phi) is 7.50. The molecule has 5 rings (SSSR count). The second-order valence-corrected chi connectivity index (χ2v) is 9.73. The molecule has 1 saturated heterocycles. The van der Waals surface area contributed by atoms with E-state index in [2.05, 4.69) is 15.2 Å². The van der Waals surface area contributed by atoms with E-state index in [1.54, 1.807) is 12.1 Å². The first-order valence-corrected chi connectivity index (χ1v) is 13.0. The number of urea groups is 1. The number of aryl methyl sites for hydroxylation is 2. The highest BCUT2D eigenvalue weighted by Crippen LogP contribution is 2.25. The van der Waals surface area contributed by atoms with Gasteiger partial charge in [-0.1, -0.05) is 42.5 Å². The van der Waals surface area contributed by atoms with Crippen LogP contribution in [-0.4, -0.2) is 33.9 Å². The lowest BCUT2D eigenvalue weighted by Gasteiger charge is -2.12. The van der Waals surface area contributed by atoms with Crippen LogP contribution < -0.4 is 15.4 Å². The van der Waals surface area contributed by atoms with Crippen LogP contribution in [0.4, 0.5) is 10.5 Å². The maximum absolute atomic E-state index is 13.0. The number of ether oxygens (including phenoxy) is 1. The predicted octanol–water partition coefficient (Wildman–Crippen LogP) is 5.51. The van der Waals surface area contributed by atoms with Gasteiger partial charge >= 0.3 is 6.03 Å². The van der Waals surface area contributed by atoms with Crippen LogP contribution in [0.25, 0.3) is 11.8 Å². The molecule has 8 nitrogen and oxygen atoms in total. The molecule has 0 spiro atoms. The second kappa shape index (κ2) is 11.3. The number of hydrogen-bond acceptors (Lipinski definition) is 4. The van der Waals surface area contributed by atoms with E-state index < -0.39 is 17.8 Å². The van der Waals surface area contributed by atoms with Crippen molar-refractivity contribution in [3.63, 3.8) is 0 Å². The van der Waals surface area contributed by atoms with Crippen LogP contribution in [0, 0.1) is 20.8 Å². The van der Waals surface area contributed by atoms with E-state index >= 15 is 0 Å². The Hall–Kier alpha value is -5.11. The quantitative estimate of drug-likeness (QED) is 0.230. The van der Waals surface area contributed by atoms with E-state index in [1.807, 2.05) is 99.6 Å². The molecule has 1 aliphatic rings. The van der Waals surface area contributed by atoms with Crippen molar-refractivity contribution in [3.8, 4) is 11.4 Å². The molecule has 1 fully saturated rings. The van der Waals surface area contributed by atoms with Gasteiger partial charge in [-0.05, 0) is 86.0 Å². The highest BCUT2D eigenvalue weighted by molar-refractivity contribution is 6.16. The summed E-state index contributed by atoms with van der Waals surface area (Å²) in [6, 6.07) is 26.4. The minimum atomic E-state index is -0.629. The number of rotatable bonds is 8. The summed E-state index contributed by atoms with van der Waals surface area (Å²) in [5.74, 6) is -0.234. The number of anilines is 1. The van der Waals surface area contributed by atoms with E-state index in [4.69, 9.17) is 4.74 Å². The molecule has 40 heavy (non-hydrogen) atoms. The number of aromatic nitrogens is 1. The standard InChI is InChI=1S/C32H30N4O4/c1-21-8-7-11-26(16-21)33-30(37)19-35-31(38)29(34-32(35)39)18-25-17-22(2)36(23(25)3)27-12-14-28(15-13-27)40-20-24-9-5-4-6-10-24/h4-18H,19-20H2,1-3H3,(H,33,37)(H,34,39)/b29-18+. The summed E-state index contributed by atoms with van der Waals surface area (Å²) in [5, 5.41) is 5.33. The Bertz CT molecular complexity index is 1600. The number of carbonyl (C=O) groups is 3. The first-order chi connectivity index (χ1) is 19.3. The van der Waals surface area contributed by atoms with Crippen molar-refractivity contribution in [2.45, 2.75) is 27.4 Å². The van der Waals surface area contributed by atoms with Crippen LogP contribution in [0.3, 0.4) is 0 Å². The van der Waals surface area contributed by atoms with Crippen molar-refractivity contribution in [3.05, 3.63) is 119 Å². The van der Waals surface area contributed by atoms with Crippen LogP contribution in [0.15, 0.2) is 90.6 Å². The zero-order valence-corrected chi connectivity index (χ0v) is 22.6. The van der Waals surface area contributed by atoms with Gasteiger partial charge in [-0.2, -0.15) is 0 Å². The van der Waals surface area contributed by atoms with Gasteiger partial charge in [0.15, 0.2) is 0 Å². The number of amides is 4. The van der Waals surface area contributed by atoms with Crippen molar-refractivity contribution in [1.29, 1.82) is 0 Å². The van der Waals surface area contributed by atoms with Gasteiger partial charge in [-0.25, -0.2) is 9.69 Å². The Morgan fingerprint density at radius 3 is 2.40 bits per heavy atom. The lowest BCUT2D eigenvalue weighted by molar-refractivity contribution is -0.127. The van der Waals surface area contributed by atoms with Crippen LogP contribution >= 0.6 is 0 Å². The number of carbonyl (C=O) groups excluding carboxylic acids is 3. The van der Waals surface area contributed by atoms with Crippen LogP contribution in [0.1, 0.15) is 28.1 Å². The highest BCUT2D eigenvalue weighted by atomic mass is 16.5. The number of imide groups is 1. The molecule has 8 heteroatoms. The highest BCUT2D eigenvalue weighted by Gasteiger charge is 2.35. The molecule has 1 aromatic heterocycles. The zero-order chi connectivity index (χ0) is 28.2. The molecule has 4 aromatic rings. The molecule has 1 aliphatic heterocycles. The van der Waals surface area contributed by atoms with Gasteiger partial charge in [0, 0.05) is 22.8 Å². The van der Waals surface area contributed by atoms with E-state index in [-0.39, 0.29) is 12.2 Å². The summed E-state index contributed by atoms with van der Waals surface area (Å²) in [4.78, 5) is 39.0. The summed E-state index contributed by atoms with van der Waals surface area (Å²) >= 11 is 0. The summed E-state index contributed by atoms with van der Waals surface area (Å²) < 4.78 is 7.98. The third-order valence-corrected chi connectivity index (χ3v) is 6.68. The lowest BCUT2D eigenvalue weighted by Crippen LogP contribution is -2.38. The zero-order valence-electron chi connectivity index (χ0n) is 22.6. The van der Waals surface area contributed by atoms with E-state index in [0.717, 1.165) is 44.4 Å². The summed E-state index contributed by atoms with van der Waals surface area (Å²) in [6.45, 7) is 5.95. The summed E-state index contributed by atoms with van der Waals surface area (Å²) in [5.41, 5.74) is 6.42.